The molecule has 0 heterocycles. The fraction of sp³-hybridized carbons (Fsp3) is 0.733. The Hall–Kier alpha value is -1.72. The van der Waals surface area contributed by atoms with Crippen LogP contribution in [0.2, 0.25) is 0 Å². The first-order valence-corrected chi connectivity index (χ1v) is 13.6. The highest BCUT2D eigenvalue weighted by atomic mass is 16.7. The second-order valence-electron chi connectivity index (χ2n) is 12.3. The molecule has 1 aromatic rings. The van der Waals surface area contributed by atoms with Gasteiger partial charge in [-0.3, -0.25) is 4.79 Å². The number of esters is 1. The highest BCUT2D eigenvalue weighted by molar-refractivity contribution is 5.89. The van der Waals surface area contributed by atoms with Gasteiger partial charge in [-0.25, -0.2) is 4.79 Å². The van der Waals surface area contributed by atoms with Gasteiger partial charge in [0.15, 0.2) is 0 Å². The van der Waals surface area contributed by atoms with E-state index in [1.807, 2.05) is 30.3 Å². The van der Waals surface area contributed by atoms with E-state index < -0.39 is 0 Å². The van der Waals surface area contributed by atoms with Crippen molar-refractivity contribution in [2.24, 2.45) is 40.4 Å². The Balaban J connectivity index is 1.38. The Labute approximate surface area is 210 Å². The van der Waals surface area contributed by atoms with Gasteiger partial charge in [-0.1, -0.05) is 32.0 Å². The lowest BCUT2D eigenvalue weighted by Crippen LogP contribution is -2.57. The molecule has 5 heteroatoms. The molecule has 0 amide bonds. The summed E-state index contributed by atoms with van der Waals surface area (Å²) in [6.45, 7) is 6.88. The van der Waals surface area contributed by atoms with E-state index in [4.69, 9.17) is 14.2 Å². The number of hydrogen-bond acceptors (Lipinski definition) is 5. The SMILES string of the molecule is COCO[C@H]1C[C@@H]2CC[C@@H]3[C@H](CC[C@]4(C)[C@@H](C(C)=O)CC[C@@H]34)[C@@]2(C)C[C@@H]1OC(=O)c1ccccc1. The molecule has 0 unspecified atom stereocenters. The van der Waals surface area contributed by atoms with Crippen LogP contribution in [0.4, 0.5) is 0 Å². The van der Waals surface area contributed by atoms with Crippen molar-refractivity contribution in [3.05, 3.63) is 35.9 Å². The third-order valence-corrected chi connectivity index (χ3v) is 10.8. The number of ketones is 1. The zero-order valence-electron chi connectivity index (χ0n) is 21.8. The van der Waals surface area contributed by atoms with E-state index in [9.17, 15) is 9.59 Å². The Morgan fingerprint density at radius 3 is 2.40 bits per heavy atom. The van der Waals surface area contributed by atoms with Crippen molar-refractivity contribution >= 4 is 11.8 Å². The lowest BCUT2D eigenvalue weighted by atomic mass is 9.44. The molecule has 0 aliphatic heterocycles. The second-order valence-corrected chi connectivity index (χ2v) is 12.3. The number of Topliss-reactive ketones (excluding diaryl/α,β-unsaturated/α-hetero) is 1. The van der Waals surface area contributed by atoms with Crippen molar-refractivity contribution in [1.29, 1.82) is 0 Å². The van der Waals surface area contributed by atoms with Crippen molar-refractivity contribution in [1.82, 2.24) is 0 Å². The number of hydrogen-bond donors (Lipinski definition) is 0. The summed E-state index contributed by atoms with van der Waals surface area (Å²) in [5, 5.41) is 0. The van der Waals surface area contributed by atoms with Crippen LogP contribution < -0.4 is 0 Å². The maximum atomic E-state index is 13.0. The maximum Gasteiger partial charge on any atom is 0.338 e. The minimum absolute atomic E-state index is 0.118. The van der Waals surface area contributed by atoms with E-state index in [0.29, 0.717) is 35.0 Å². The van der Waals surface area contributed by atoms with Crippen LogP contribution in [0.15, 0.2) is 30.3 Å². The van der Waals surface area contributed by atoms with Crippen LogP contribution in [-0.2, 0) is 19.0 Å². The van der Waals surface area contributed by atoms with E-state index in [0.717, 1.165) is 25.7 Å². The lowest BCUT2D eigenvalue weighted by molar-refractivity contribution is -0.190. The van der Waals surface area contributed by atoms with E-state index in [1.54, 1.807) is 14.0 Å². The van der Waals surface area contributed by atoms with Crippen LogP contribution in [0.3, 0.4) is 0 Å². The molecule has 0 spiro atoms. The van der Waals surface area contributed by atoms with Crippen molar-refractivity contribution in [2.45, 2.75) is 84.3 Å². The molecule has 0 radical (unpaired) electrons. The number of methoxy groups -OCH3 is 1. The number of carbonyl (C=O) groups is 2. The van der Waals surface area contributed by atoms with Crippen molar-refractivity contribution in [3.8, 4) is 0 Å². The molecule has 9 atom stereocenters. The van der Waals surface area contributed by atoms with Crippen LogP contribution in [0, 0.1) is 40.4 Å². The maximum absolute atomic E-state index is 13.0. The van der Waals surface area contributed by atoms with Gasteiger partial charge in [0.25, 0.3) is 0 Å². The minimum Gasteiger partial charge on any atom is -0.456 e. The van der Waals surface area contributed by atoms with Crippen LogP contribution in [0.25, 0.3) is 0 Å². The molecule has 0 saturated heterocycles. The standard InChI is InChI=1S/C30H42O5/c1-19(31)23-12-13-24-22-11-10-21-16-26(34-18-33-4)27(35-28(32)20-8-6-5-7-9-20)17-30(21,3)25(22)14-15-29(23,24)2/h5-9,21-27H,10-18H2,1-4H3/t21-,22-,23+,24-,25-,26-,27-,29+,30-/m0/s1. The van der Waals surface area contributed by atoms with Gasteiger partial charge in [-0.2, -0.15) is 0 Å². The van der Waals surface area contributed by atoms with Gasteiger partial charge in [0.1, 0.15) is 18.7 Å². The summed E-state index contributed by atoms with van der Waals surface area (Å²) in [5.41, 5.74) is 0.864. The molecule has 192 valence electrons. The van der Waals surface area contributed by atoms with Gasteiger partial charge in [0, 0.05) is 13.0 Å². The smallest absolute Gasteiger partial charge is 0.338 e. The zero-order valence-corrected chi connectivity index (χ0v) is 21.8. The molecule has 0 aromatic heterocycles. The minimum atomic E-state index is -0.278. The van der Waals surface area contributed by atoms with Gasteiger partial charge in [0.2, 0.25) is 0 Å². The largest absolute Gasteiger partial charge is 0.456 e. The predicted molar refractivity (Wildman–Crippen MR) is 134 cm³/mol. The first-order valence-electron chi connectivity index (χ1n) is 13.6. The molecule has 5 rings (SSSR count). The summed E-state index contributed by atoms with van der Waals surface area (Å²) in [5.74, 6) is 2.83. The Kier molecular flexibility index (Phi) is 6.86. The first-order chi connectivity index (χ1) is 16.8. The van der Waals surface area contributed by atoms with Gasteiger partial charge in [-0.15, -0.1) is 0 Å². The van der Waals surface area contributed by atoms with Crippen LogP contribution >= 0.6 is 0 Å². The Morgan fingerprint density at radius 1 is 0.943 bits per heavy atom. The molecule has 35 heavy (non-hydrogen) atoms. The molecule has 5 nitrogen and oxygen atoms in total. The molecule has 0 N–H and O–H groups in total. The van der Waals surface area contributed by atoms with Crippen LogP contribution in [0.1, 0.15) is 82.5 Å². The summed E-state index contributed by atoms with van der Waals surface area (Å²) in [6, 6.07) is 9.27. The van der Waals surface area contributed by atoms with E-state index in [2.05, 4.69) is 13.8 Å². The molecule has 0 bridgehead atoms. The third-order valence-electron chi connectivity index (χ3n) is 10.8. The van der Waals surface area contributed by atoms with Crippen molar-refractivity contribution < 1.29 is 23.8 Å². The molecular weight excluding hydrogens is 440 g/mol. The Bertz CT molecular complexity index is 930. The lowest BCUT2D eigenvalue weighted by Gasteiger charge is -2.61. The molecule has 4 saturated carbocycles. The first kappa shape index (κ1) is 25.0. The second kappa shape index (κ2) is 9.63. The molecule has 4 fully saturated rings. The number of carbonyl (C=O) groups excluding carboxylic acids is 2. The zero-order chi connectivity index (χ0) is 24.8. The van der Waals surface area contributed by atoms with E-state index in [-0.39, 0.29) is 41.7 Å². The van der Waals surface area contributed by atoms with Crippen LogP contribution in [0.5, 0.6) is 0 Å². The summed E-state index contributed by atoms with van der Waals surface area (Å²) in [6.07, 6.45) is 8.35. The summed E-state index contributed by atoms with van der Waals surface area (Å²) < 4.78 is 17.5. The molecular formula is C30H42O5. The van der Waals surface area contributed by atoms with E-state index in [1.165, 1.54) is 25.7 Å². The van der Waals surface area contributed by atoms with Crippen molar-refractivity contribution in [3.63, 3.8) is 0 Å². The normalized spacial score (nSPS) is 42.5. The summed E-state index contributed by atoms with van der Waals surface area (Å²) in [4.78, 5) is 25.5. The molecule has 4 aliphatic rings. The van der Waals surface area contributed by atoms with Crippen LogP contribution in [-0.4, -0.2) is 37.9 Å². The molecule has 1 aromatic carbocycles. The third kappa shape index (κ3) is 4.27. The van der Waals surface area contributed by atoms with Gasteiger partial charge >= 0.3 is 5.97 Å². The number of fused-ring (bicyclic) bond motifs is 5. The quantitative estimate of drug-likeness (QED) is 0.364. The fourth-order valence-corrected chi connectivity index (χ4v) is 9.13. The monoisotopic (exact) mass is 482 g/mol. The average Bonchev–Trinajstić information content (AvgIpc) is 3.20. The number of rotatable bonds is 6. The average molecular weight is 483 g/mol. The fourth-order valence-electron chi connectivity index (χ4n) is 9.13. The van der Waals surface area contributed by atoms with Crippen molar-refractivity contribution in [2.75, 3.05) is 13.9 Å². The van der Waals surface area contributed by atoms with Gasteiger partial charge in [-0.05, 0) is 105 Å². The Morgan fingerprint density at radius 2 is 1.69 bits per heavy atom. The summed E-state index contributed by atoms with van der Waals surface area (Å²) >= 11 is 0. The highest BCUT2D eigenvalue weighted by Gasteiger charge is 2.62. The number of ether oxygens (including phenoxy) is 3. The van der Waals surface area contributed by atoms with Gasteiger partial charge < -0.3 is 14.2 Å². The molecule has 4 aliphatic carbocycles. The number of benzene rings is 1. The van der Waals surface area contributed by atoms with E-state index >= 15 is 0 Å². The van der Waals surface area contributed by atoms with Gasteiger partial charge in [0.05, 0.1) is 11.7 Å². The topological polar surface area (TPSA) is 61.8 Å². The predicted octanol–water partition coefficient (Wildman–Crippen LogP) is 6.06. The highest BCUT2D eigenvalue weighted by Crippen LogP contribution is 2.67. The summed E-state index contributed by atoms with van der Waals surface area (Å²) in [7, 11) is 1.64.